The summed E-state index contributed by atoms with van der Waals surface area (Å²) in [5, 5.41) is 15.8. The van der Waals surface area contributed by atoms with E-state index in [1.807, 2.05) is 0 Å². The van der Waals surface area contributed by atoms with E-state index >= 15 is 0 Å². The van der Waals surface area contributed by atoms with Gasteiger partial charge in [-0.3, -0.25) is 0 Å². The molecular formula is C68H57BN2. The lowest BCUT2D eigenvalue weighted by molar-refractivity contribution is 0.671. The van der Waals surface area contributed by atoms with Crippen molar-refractivity contribution in [2.45, 2.75) is 90.9 Å². The maximum atomic E-state index is 2.74. The zero-order valence-electron chi connectivity index (χ0n) is 41.4. The minimum absolute atomic E-state index is 0.0867. The Morgan fingerprint density at radius 2 is 0.690 bits per heavy atom. The Bertz CT molecular complexity index is 3770. The third-order valence-electron chi connectivity index (χ3n) is 17.4. The molecule has 0 bridgehead atoms. The molecule has 0 amide bonds. The fourth-order valence-corrected chi connectivity index (χ4v) is 14.6. The van der Waals surface area contributed by atoms with Gasteiger partial charge in [-0.2, -0.15) is 0 Å². The maximum absolute atomic E-state index is 2.74. The highest BCUT2D eigenvalue weighted by Gasteiger charge is 2.47. The summed E-state index contributed by atoms with van der Waals surface area (Å²) in [7, 11) is 0. The fraction of sp³-hybridized carbons (Fsp3) is 0.206. The first kappa shape index (κ1) is 41.4. The van der Waals surface area contributed by atoms with Crippen LogP contribution in [0.5, 0.6) is 0 Å². The van der Waals surface area contributed by atoms with Gasteiger partial charge in [0.25, 0.3) is 6.71 Å². The fourth-order valence-electron chi connectivity index (χ4n) is 14.6. The van der Waals surface area contributed by atoms with Crippen LogP contribution in [0.2, 0.25) is 0 Å². The smallest absolute Gasteiger partial charge is 0.252 e. The molecule has 2 aliphatic carbocycles. The van der Waals surface area contributed by atoms with Gasteiger partial charge >= 0.3 is 0 Å². The first-order valence-corrected chi connectivity index (χ1v) is 26.7. The van der Waals surface area contributed by atoms with E-state index in [1.54, 1.807) is 33.4 Å². The Hall–Kier alpha value is -7.36. The predicted octanol–water partition coefficient (Wildman–Crippen LogP) is 16.7. The summed E-state index contributed by atoms with van der Waals surface area (Å²) in [5.41, 5.74) is 21.8. The van der Waals surface area contributed by atoms with E-state index in [0.717, 1.165) is 25.7 Å². The number of anilines is 6. The van der Waals surface area contributed by atoms with Gasteiger partial charge in [0, 0.05) is 34.1 Å². The largest absolute Gasteiger partial charge is 0.311 e. The second-order valence-electron chi connectivity index (χ2n) is 21.9. The van der Waals surface area contributed by atoms with Crippen LogP contribution in [0.3, 0.4) is 0 Å². The van der Waals surface area contributed by atoms with Crippen LogP contribution in [0.4, 0.5) is 34.1 Å². The van der Waals surface area contributed by atoms with E-state index in [2.05, 4.69) is 201 Å². The van der Waals surface area contributed by atoms with Crippen LogP contribution in [0.15, 0.2) is 164 Å². The quantitative estimate of drug-likeness (QED) is 0.128. The van der Waals surface area contributed by atoms with Crippen molar-refractivity contribution in [1.82, 2.24) is 0 Å². The van der Waals surface area contributed by atoms with Crippen molar-refractivity contribution >= 4 is 122 Å². The molecule has 2 heterocycles. The summed E-state index contributed by atoms with van der Waals surface area (Å²) in [6, 6.07) is 63.7. The van der Waals surface area contributed by atoms with Crippen molar-refractivity contribution in [3.63, 3.8) is 0 Å². The Balaban J connectivity index is 1.07. The maximum Gasteiger partial charge on any atom is 0.252 e. The molecule has 11 aromatic rings. The van der Waals surface area contributed by atoms with Crippen LogP contribution in [-0.4, -0.2) is 6.71 Å². The molecule has 11 aromatic carbocycles. The molecule has 342 valence electrons. The van der Waals surface area contributed by atoms with Gasteiger partial charge in [-0.25, -0.2) is 0 Å². The summed E-state index contributed by atoms with van der Waals surface area (Å²) < 4.78 is 0. The van der Waals surface area contributed by atoms with Crippen LogP contribution in [0.1, 0.15) is 98.6 Å². The highest BCUT2D eigenvalue weighted by molar-refractivity contribution is 7.00. The summed E-state index contributed by atoms with van der Waals surface area (Å²) in [5.74, 6) is 0.708. The summed E-state index contributed by atoms with van der Waals surface area (Å²) in [6.45, 7) is 9.94. The molecule has 71 heavy (non-hydrogen) atoms. The number of aryl methyl sites for hydroxylation is 2. The van der Waals surface area contributed by atoms with Gasteiger partial charge in [0.2, 0.25) is 0 Å². The summed E-state index contributed by atoms with van der Waals surface area (Å²) >= 11 is 0. The number of hydrogen-bond donors (Lipinski definition) is 0. The molecule has 0 radical (unpaired) electrons. The molecule has 2 nitrogen and oxygen atoms in total. The Labute approximate surface area is 417 Å². The van der Waals surface area contributed by atoms with E-state index < -0.39 is 0 Å². The third-order valence-corrected chi connectivity index (χ3v) is 17.4. The Morgan fingerprint density at radius 3 is 1.06 bits per heavy atom. The highest BCUT2D eigenvalue weighted by atomic mass is 15.2. The number of rotatable bonds is 4. The van der Waals surface area contributed by atoms with Crippen molar-refractivity contribution in [3.8, 4) is 0 Å². The first-order valence-electron chi connectivity index (χ1n) is 26.7. The highest BCUT2D eigenvalue weighted by Crippen LogP contribution is 2.52. The van der Waals surface area contributed by atoms with Crippen molar-refractivity contribution < 1.29 is 0 Å². The van der Waals surface area contributed by atoms with E-state index in [4.69, 9.17) is 0 Å². The molecular weight excluding hydrogens is 856 g/mol. The standard InChI is InChI=1S/C68H57BN2/c1-40(2)64-46-20-7-5-18-42(46)36-60-67(64)70(44-32-34-56-52-26-11-9-22-48(52)50-24-13-15-28-54(50)58(56)38-44)62-30-17-31-63-66(62)69(60)61-37-43-19-6-8-21-47(43)65(41(3)4)68(61)71(63)45-33-35-57-53-27-12-10-23-49(53)51-25-14-16-29-55(51)59(57)39-45/h9-17,22-41H,5-8,18-21H2,1-4H3. The molecule has 2 aliphatic heterocycles. The van der Waals surface area contributed by atoms with Gasteiger partial charge in [0.15, 0.2) is 0 Å². The second-order valence-corrected chi connectivity index (χ2v) is 21.9. The molecule has 0 aromatic heterocycles. The normalized spacial score (nSPS) is 15.0. The average Bonchev–Trinajstić information content (AvgIpc) is 3.41. The molecule has 15 rings (SSSR count). The van der Waals surface area contributed by atoms with E-state index in [1.165, 1.54) is 141 Å². The lowest BCUT2D eigenvalue weighted by atomic mass is 9.32. The number of fused-ring (bicyclic) bond motifs is 18. The van der Waals surface area contributed by atoms with Crippen LogP contribution < -0.4 is 26.2 Å². The van der Waals surface area contributed by atoms with Gasteiger partial charge in [0.05, 0.1) is 0 Å². The van der Waals surface area contributed by atoms with Crippen LogP contribution >= 0.6 is 0 Å². The molecule has 0 N–H and O–H groups in total. The summed E-state index contributed by atoms with van der Waals surface area (Å²) in [4.78, 5) is 5.48. The monoisotopic (exact) mass is 912 g/mol. The second kappa shape index (κ2) is 15.6. The van der Waals surface area contributed by atoms with Gasteiger partial charge in [-0.1, -0.05) is 155 Å². The van der Waals surface area contributed by atoms with Gasteiger partial charge in [0.1, 0.15) is 0 Å². The molecule has 0 unspecified atom stereocenters. The van der Waals surface area contributed by atoms with Gasteiger partial charge in [-0.05, 0) is 214 Å². The molecule has 0 atom stereocenters. The molecule has 4 aliphatic rings. The molecule has 3 heteroatoms. The van der Waals surface area contributed by atoms with E-state index in [0.29, 0.717) is 11.8 Å². The molecule has 0 fully saturated rings. The van der Waals surface area contributed by atoms with Gasteiger partial charge in [-0.15, -0.1) is 0 Å². The third kappa shape index (κ3) is 5.84. The minimum Gasteiger partial charge on any atom is -0.311 e. The van der Waals surface area contributed by atoms with Crippen molar-refractivity contribution in [1.29, 1.82) is 0 Å². The van der Waals surface area contributed by atoms with Crippen molar-refractivity contribution in [3.05, 3.63) is 197 Å². The zero-order valence-corrected chi connectivity index (χ0v) is 41.4. The SMILES string of the molecule is CC(C)c1c2c(cc3c1N(c1ccc4c5ccccc5c5ccccc5c4c1)c1cccc4c1B3c1cc3c(c(C(C)C)c1N4c1ccc4c5ccccc5c5ccccc5c4c1)CCCC3)CCCC2. The predicted molar refractivity (Wildman–Crippen MR) is 307 cm³/mol. The van der Waals surface area contributed by atoms with Crippen LogP contribution in [-0.2, 0) is 25.7 Å². The molecule has 0 saturated carbocycles. The number of benzene rings is 11. The first-order chi connectivity index (χ1) is 34.9. The van der Waals surface area contributed by atoms with Crippen molar-refractivity contribution in [2.24, 2.45) is 0 Å². The van der Waals surface area contributed by atoms with Gasteiger partial charge < -0.3 is 9.80 Å². The topological polar surface area (TPSA) is 6.48 Å². The number of hydrogen-bond acceptors (Lipinski definition) is 2. The lowest BCUT2D eigenvalue weighted by Gasteiger charge is -2.47. The summed E-state index contributed by atoms with van der Waals surface area (Å²) in [6.07, 6.45) is 9.62. The van der Waals surface area contributed by atoms with Crippen LogP contribution in [0, 0.1) is 0 Å². The Morgan fingerprint density at radius 1 is 0.352 bits per heavy atom. The van der Waals surface area contributed by atoms with E-state index in [-0.39, 0.29) is 6.71 Å². The number of nitrogens with zero attached hydrogens (tertiary/aromatic N) is 2. The Kier molecular flexibility index (Phi) is 9.09. The lowest BCUT2D eigenvalue weighted by Crippen LogP contribution is -2.62. The molecule has 0 spiro atoms. The zero-order chi connectivity index (χ0) is 47.2. The van der Waals surface area contributed by atoms with Crippen LogP contribution in [0.25, 0.3) is 64.6 Å². The minimum atomic E-state index is 0.0867. The average molecular weight is 913 g/mol. The van der Waals surface area contributed by atoms with Crippen molar-refractivity contribution in [2.75, 3.05) is 9.80 Å². The molecule has 0 saturated heterocycles. The van der Waals surface area contributed by atoms with E-state index in [9.17, 15) is 0 Å².